The van der Waals surface area contributed by atoms with Gasteiger partial charge in [-0.3, -0.25) is 4.79 Å². The van der Waals surface area contributed by atoms with Gasteiger partial charge in [0.2, 0.25) is 5.91 Å². The molecule has 9 heteroatoms. The van der Waals surface area contributed by atoms with Gasteiger partial charge in [0.05, 0.1) is 25.4 Å². The molecule has 1 saturated heterocycles. The standard InChI is InChI=1S/C24H45NO8/c1-3-4-5-6-7-8-9-10-11-12-13-14-19(28)18(25-17(2)27)16-32-24-23(31)22(30)21(29)20(15-26)33-24/h13-14,18-24,26,28-31H,3-12,15-16H2,1-2H3,(H,25,27)/b14-13+. The minimum Gasteiger partial charge on any atom is -0.394 e. The van der Waals surface area contributed by atoms with Crippen LogP contribution in [0.2, 0.25) is 0 Å². The lowest BCUT2D eigenvalue weighted by molar-refractivity contribution is -0.302. The van der Waals surface area contributed by atoms with Crippen molar-refractivity contribution in [2.45, 2.75) is 121 Å². The van der Waals surface area contributed by atoms with Crippen molar-refractivity contribution in [3.63, 3.8) is 0 Å². The average Bonchev–Trinajstić information content (AvgIpc) is 2.79. The number of carbonyl (C=O) groups is 1. The number of rotatable bonds is 17. The number of amides is 1. The molecule has 0 saturated carbocycles. The molecule has 0 radical (unpaired) electrons. The first-order valence-corrected chi connectivity index (χ1v) is 12.4. The molecule has 1 amide bonds. The van der Waals surface area contributed by atoms with Crippen LogP contribution >= 0.6 is 0 Å². The molecular formula is C24H45NO8. The Labute approximate surface area is 197 Å². The number of unbranched alkanes of at least 4 members (excludes halogenated alkanes) is 9. The van der Waals surface area contributed by atoms with Gasteiger partial charge in [0.25, 0.3) is 0 Å². The van der Waals surface area contributed by atoms with E-state index in [1.54, 1.807) is 6.08 Å². The van der Waals surface area contributed by atoms with E-state index < -0.39 is 49.5 Å². The number of ether oxygens (including phenoxy) is 2. The molecule has 33 heavy (non-hydrogen) atoms. The van der Waals surface area contributed by atoms with E-state index in [0.29, 0.717) is 0 Å². The number of carbonyl (C=O) groups excluding carboxylic acids is 1. The molecule has 6 N–H and O–H groups in total. The summed E-state index contributed by atoms with van der Waals surface area (Å²) in [5, 5.41) is 52.1. The summed E-state index contributed by atoms with van der Waals surface area (Å²) in [5.74, 6) is -0.358. The number of hydrogen-bond donors (Lipinski definition) is 6. The van der Waals surface area contributed by atoms with Crippen LogP contribution < -0.4 is 5.32 Å². The van der Waals surface area contributed by atoms with E-state index in [1.807, 2.05) is 6.08 Å². The molecule has 1 aliphatic rings. The molecule has 9 nitrogen and oxygen atoms in total. The van der Waals surface area contributed by atoms with Gasteiger partial charge in [-0.05, 0) is 12.8 Å². The van der Waals surface area contributed by atoms with E-state index in [1.165, 1.54) is 51.9 Å². The highest BCUT2D eigenvalue weighted by atomic mass is 16.7. The summed E-state index contributed by atoms with van der Waals surface area (Å²) in [5.41, 5.74) is 0. The highest BCUT2D eigenvalue weighted by molar-refractivity contribution is 5.73. The second-order valence-corrected chi connectivity index (χ2v) is 8.87. The Morgan fingerprint density at radius 2 is 1.61 bits per heavy atom. The molecule has 0 bridgehead atoms. The molecule has 1 fully saturated rings. The Hall–Kier alpha value is -1.07. The van der Waals surface area contributed by atoms with Crippen molar-refractivity contribution in [1.29, 1.82) is 0 Å². The zero-order chi connectivity index (χ0) is 24.6. The van der Waals surface area contributed by atoms with E-state index in [2.05, 4.69) is 12.2 Å². The molecule has 1 rings (SSSR count). The summed E-state index contributed by atoms with van der Waals surface area (Å²) in [7, 11) is 0. The van der Waals surface area contributed by atoms with E-state index in [4.69, 9.17) is 9.47 Å². The maximum atomic E-state index is 11.5. The van der Waals surface area contributed by atoms with Gasteiger partial charge < -0.3 is 40.3 Å². The molecule has 0 aromatic carbocycles. The van der Waals surface area contributed by atoms with Crippen LogP contribution in [0.1, 0.15) is 78.1 Å². The second kappa shape index (κ2) is 17.4. The first kappa shape index (κ1) is 30.0. The molecule has 1 aliphatic heterocycles. The quantitative estimate of drug-likeness (QED) is 0.136. The molecule has 7 atom stereocenters. The van der Waals surface area contributed by atoms with Gasteiger partial charge in [-0.15, -0.1) is 0 Å². The first-order valence-electron chi connectivity index (χ1n) is 12.4. The topological polar surface area (TPSA) is 149 Å². The molecule has 0 spiro atoms. The van der Waals surface area contributed by atoms with Gasteiger partial charge in [-0.2, -0.15) is 0 Å². The number of allylic oxidation sites excluding steroid dienone is 1. The van der Waals surface area contributed by atoms with Gasteiger partial charge in [0.1, 0.15) is 24.4 Å². The van der Waals surface area contributed by atoms with Gasteiger partial charge in [-0.1, -0.05) is 70.4 Å². The highest BCUT2D eigenvalue weighted by Crippen LogP contribution is 2.22. The zero-order valence-corrected chi connectivity index (χ0v) is 20.1. The molecule has 0 aromatic heterocycles. The Morgan fingerprint density at radius 1 is 1.00 bits per heavy atom. The van der Waals surface area contributed by atoms with Crippen molar-refractivity contribution in [2.24, 2.45) is 0 Å². The summed E-state index contributed by atoms with van der Waals surface area (Å²) in [6.07, 6.45) is 7.48. The van der Waals surface area contributed by atoms with Crippen LogP contribution in [-0.4, -0.2) is 87.5 Å². The molecular weight excluding hydrogens is 430 g/mol. The smallest absolute Gasteiger partial charge is 0.217 e. The van der Waals surface area contributed by atoms with E-state index in [9.17, 15) is 30.3 Å². The summed E-state index contributed by atoms with van der Waals surface area (Å²) in [6, 6.07) is -0.797. The fraction of sp³-hybridized carbons (Fsp3) is 0.875. The third kappa shape index (κ3) is 11.8. The van der Waals surface area contributed by atoms with Crippen LogP contribution in [-0.2, 0) is 14.3 Å². The second-order valence-electron chi connectivity index (χ2n) is 8.87. The van der Waals surface area contributed by atoms with Crippen LogP contribution in [0.5, 0.6) is 0 Å². The third-order valence-electron chi connectivity index (χ3n) is 5.90. The fourth-order valence-corrected chi connectivity index (χ4v) is 3.83. The van der Waals surface area contributed by atoms with Crippen LogP contribution in [0, 0.1) is 0 Å². The highest BCUT2D eigenvalue weighted by Gasteiger charge is 2.44. The lowest BCUT2D eigenvalue weighted by atomic mass is 9.99. The zero-order valence-electron chi connectivity index (χ0n) is 20.1. The number of hydrogen-bond acceptors (Lipinski definition) is 8. The van der Waals surface area contributed by atoms with Crippen molar-refractivity contribution < 1.29 is 39.8 Å². The predicted molar refractivity (Wildman–Crippen MR) is 124 cm³/mol. The Balaban J connectivity index is 2.39. The molecule has 0 aromatic rings. The average molecular weight is 476 g/mol. The molecule has 1 heterocycles. The fourth-order valence-electron chi connectivity index (χ4n) is 3.83. The third-order valence-corrected chi connectivity index (χ3v) is 5.90. The summed E-state index contributed by atoms with van der Waals surface area (Å²) >= 11 is 0. The maximum Gasteiger partial charge on any atom is 0.217 e. The number of aliphatic hydroxyl groups excluding tert-OH is 5. The maximum absolute atomic E-state index is 11.5. The molecule has 0 aliphatic carbocycles. The van der Waals surface area contributed by atoms with Crippen LogP contribution in [0.15, 0.2) is 12.2 Å². The Kier molecular flexibility index (Phi) is 15.8. The van der Waals surface area contributed by atoms with Gasteiger partial charge in [0, 0.05) is 6.92 Å². The lowest BCUT2D eigenvalue weighted by Gasteiger charge is -2.40. The molecule has 194 valence electrons. The number of aliphatic hydroxyl groups is 5. The van der Waals surface area contributed by atoms with Gasteiger partial charge in [-0.25, -0.2) is 0 Å². The van der Waals surface area contributed by atoms with Crippen molar-refractivity contribution in [3.05, 3.63) is 12.2 Å². The first-order chi connectivity index (χ1) is 15.8. The Morgan fingerprint density at radius 3 is 2.18 bits per heavy atom. The van der Waals surface area contributed by atoms with Gasteiger partial charge in [0.15, 0.2) is 6.29 Å². The lowest BCUT2D eigenvalue weighted by Crippen LogP contribution is -2.60. The largest absolute Gasteiger partial charge is 0.394 e. The minimum atomic E-state index is -1.55. The summed E-state index contributed by atoms with van der Waals surface area (Å²) in [6.45, 7) is 2.77. The van der Waals surface area contributed by atoms with E-state index in [-0.39, 0.29) is 12.5 Å². The summed E-state index contributed by atoms with van der Waals surface area (Å²) < 4.78 is 10.8. The van der Waals surface area contributed by atoms with Crippen LogP contribution in [0.3, 0.4) is 0 Å². The van der Waals surface area contributed by atoms with Crippen molar-refractivity contribution in [1.82, 2.24) is 5.32 Å². The minimum absolute atomic E-state index is 0.203. The Bertz CT molecular complexity index is 545. The summed E-state index contributed by atoms with van der Waals surface area (Å²) in [4.78, 5) is 11.5. The number of nitrogens with one attached hydrogen (secondary N) is 1. The van der Waals surface area contributed by atoms with E-state index >= 15 is 0 Å². The van der Waals surface area contributed by atoms with E-state index in [0.717, 1.165) is 19.3 Å². The van der Waals surface area contributed by atoms with Crippen LogP contribution in [0.25, 0.3) is 0 Å². The normalized spacial score (nSPS) is 27.5. The van der Waals surface area contributed by atoms with Crippen molar-refractivity contribution >= 4 is 5.91 Å². The SMILES string of the molecule is CCCCCCCCCCC/C=C/C(O)C(COC1OC(CO)C(O)C(O)C1O)NC(C)=O. The van der Waals surface area contributed by atoms with Crippen LogP contribution in [0.4, 0.5) is 0 Å². The van der Waals surface area contributed by atoms with Gasteiger partial charge >= 0.3 is 0 Å². The van der Waals surface area contributed by atoms with Crippen molar-refractivity contribution in [3.8, 4) is 0 Å². The predicted octanol–water partition coefficient (Wildman–Crippen LogP) is 1.15. The van der Waals surface area contributed by atoms with Crippen molar-refractivity contribution in [2.75, 3.05) is 13.2 Å². The monoisotopic (exact) mass is 475 g/mol. The molecule has 7 unspecified atom stereocenters.